The van der Waals surface area contributed by atoms with Crippen LogP contribution in [0.5, 0.6) is 0 Å². The highest BCUT2D eigenvalue weighted by Gasteiger charge is 2.27. The van der Waals surface area contributed by atoms with E-state index in [4.69, 9.17) is 0 Å². The van der Waals surface area contributed by atoms with Crippen molar-refractivity contribution in [2.24, 2.45) is 0 Å². The third kappa shape index (κ3) is 3.02. The molecule has 1 aliphatic rings. The number of benzene rings is 2. The second-order valence-electron chi connectivity index (χ2n) is 6.66. The smallest absolute Gasteiger partial charge is 0.251 e. The normalized spacial score (nSPS) is 14.8. The molecule has 1 aromatic heterocycles. The van der Waals surface area contributed by atoms with Gasteiger partial charge in [0.25, 0.3) is 5.91 Å². The number of aliphatic hydroxyl groups excluding tert-OH is 1. The maximum atomic E-state index is 12.1. The van der Waals surface area contributed by atoms with E-state index in [1.54, 1.807) is 4.90 Å². The number of carbonyl (C=O) groups excluding carboxylic acids is 1. The standard InChI is InChI=1S/C21H21N3O2/c1-14(25)21(26)24-12-11-19-18(13-24)20(23-22-19)17-9-7-16(8-10-17)15-5-3-2-4-6-15/h2-10,14,25H,11-13H2,1H3,(H,22,23). The topological polar surface area (TPSA) is 69.2 Å². The highest BCUT2D eigenvalue weighted by Crippen LogP contribution is 2.30. The number of aromatic amines is 1. The molecule has 4 rings (SSSR count). The molecule has 2 aromatic carbocycles. The fourth-order valence-corrected chi connectivity index (χ4v) is 3.44. The second kappa shape index (κ2) is 6.77. The van der Waals surface area contributed by atoms with Crippen LogP contribution in [0.2, 0.25) is 0 Å². The van der Waals surface area contributed by atoms with Crippen molar-refractivity contribution >= 4 is 5.91 Å². The molecular formula is C21H21N3O2. The Morgan fingerprint density at radius 1 is 1.08 bits per heavy atom. The van der Waals surface area contributed by atoms with E-state index in [0.717, 1.165) is 34.5 Å². The fourth-order valence-electron chi connectivity index (χ4n) is 3.44. The van der Waals surface area contributed by atoms with Crippen LogP contribution in [-0.2, 0) is 17.8 Å². The Bertz CT molecular complexity index is 914. The van der Waals surface area contributed by atoms with E-state index in [0.29, 0.717) is 13.1 Å². The number of nitrogens with one attached hydrogen (secondary N) is 1. The van der Waals surface area contributed by atoms with Gasteiger partial charge >= 0.3 is 0 Å². The summed E-state index contributed by atoms with van der Waals surface area (Å²) in [6.45, 7) is 2.59. The van der Waals surface area contributed by atoms with Crippen molar-refractivity contribution in [3.8, 4) is 22.4 Å². The molecule has 2 heterocycles. The van der Waals surface area contributed by atoms with E-state index >= 15 is 0 Å². The van der Waals surface area contributed by atoms with Crippen molar-refractivity contribution in [3.05, 3.63) is 65.9 Å². The molecule has 0 saturated heterocycles. The maximum absolute atomic E-state index is 12.1. The van der Waals surface area contributed by atoms with Crippen molar-refractivity contribution in [2.75, 3.05) is 6.54 Å². The van der Waals surface area contributed by atoms with E-state index in [2.05, 4.69) is 46.6 Å². The number of aliphatic hydroxyl groups is 1. The molecule has 1 amide bonds. The second-order valence-corrected chi connectivity index (χ2v) is 6.66. The minimum absolute atomic E-state index is 0.234. The van der Waals surface area contributed by atoms with Gasteiger partial charge in [0.1, 0.15) is 6.10 Å². The summed E-state index contributed by atoms with van der Waals surface area (Å²) >= 11 is 0. The Morgan fingerprint density at radius 2 is 1.73 bits per heavy atom. The van der Waals surface area contributed by atoms with E-state index < -0.39 is 6.10 Å². The highest BCUT2D eigenvalue weighted by atomic mass is 16.3. The summed E-state index contributed by atoms with van der Waals surface area (Å²) in [5.74, 6) is -0.234. The first-order valence-electron chi connectivity index (χ1n) is 8.82. The van der Waals surface area contributed by atoms with Crippen LogP contribution in [0.15, 0.2) is 54.6 Å². The summed E-state index contributed by atoms with van der Waals surface area (Å²) in [6.07, 6.45) is -0.250. The molecule has 26 heavy (non-hydrogen) atoms. The molecule has 5 heteroatoms. The van der Waals surface area contributed by atoms with Gasteiger partial charge in [-0.25, -0.2) is 0 Å². The molecule has 1 unspecified atom stereocenters. The molecular weight excluding hydrogens is 326 g/mol. The lowest BCUT2D eigenvalue weighted by Gasteiger charge is -2.28. The van der Waals surface area contributed by atoms with Crippen LogP contribution < -0.4 is 0 Å². The average molecular weight is 347 g/mol. The SMILES string of the molecule is CC(O)C(=O)N1CCc2[nH]nc(-c3ccc(-c4ccccc4)cc3)c2C1. The number of amides is 1. The highest BCUT2D eigenvalue weighted by molar-refractivity contribution is 5.81. The van der Waals surface area contributed by atoms with Gasteiger partial charge in [0.2, 0.25) is 0 Å². The Labute approximate surface area is 152 Å². The first-order valence-corrected chi connectivity index (χ1v) is 8.82. The predicted molar refractivity (Wildman–Crippen MR) is 100 cm³/mol. The molecule has 0 spiro atoms. The Kier molecular flexibility index (Phi) is 4.31. The van der Waals surface area contributed by atoms with Gasteiger partial charge in [-0.3, -0.25) is 9.89 Å². The lowest BCUT2D eigenvalue weighted by atomic mass is 9.98. The van der Waals surface area contributed by atoms with Crippen LogP contribution in [-0.4, -0.2) is 38.8 Å². The van der Waals surface area contributed by atoms with Crippen LogP contribution in [0.4, 0.5) is 0 Å². The summed E-state index contributed by atoms with van der Waals surface area (Å²) < 4.78 is 0. The zero-order valence-electron chi connectivity index (χ0n) is 14.6. The third-order valence-electron chi connectivity index (χ3n) is 4.87. The number of carbonyl (C=O) groups is 1. The minimum Gasteiger partial charge on any atom is -0.384 e. The van der Waals surface area contributed by atoms with Crippen LogP contribution >= 0.6 is 0 Å². The zero-order chi connectivity index (χ0) is 18.1. The summed E-state index contributed by atoms with van der Waals surface area (Å²) in [7, 11) is 0. The molecule has 5 nitrogen and oxygen atoms in total. The van der Waals surface area contributed by atoms with Crippen molar-refractivity contribution in [1.82, 2.24) is 15.1 Å². The zero-order valence-corrected chi connectivity index (χ0v) is 14.6. The van der Waals surface area contributed by atoms with Gasteiger partial charge in [-0.15, -0.1) is 0 Å². The third-order valence-corrected chi connectivity index (χ3v) is 4.87. The van der Waals surface area contributed by atoms with Gasteiger partial charge in [-0.1, -0.05) is 54.6 Å². The first kappa shape index (κ1) is 16.5. The van der Waals surface area contributed by atoms with Gasteiger partial charge in [0.15, 0.2) is 0 Å². The quantitative estimate of drug-likeness (QED) is 0.765. The van der Waals surface area contributed by atoms with Gasteiger partial charge < -0.3 is 10.0 Å². The molecule has 1 atom stereocenters. The monoisotopic (exact) mass is 347 g/mol. The van der Waals surface area contributed by atoms with E-state index in [-0.39, 0.29) is 5.91 Å². The molecule has 0 aliphatic carbocycles. The number of H-pyrrole nitrogens is 1. The summed E-state index contributed by atoms with van der Waals surface area (Å²) in [5, 5.41) is 17.2. The fraction of sp³-hybridized carbons (Fsp3) is 0.238. The number of nitrogens with zero attached hydrogens (tertiary/aromatic N) is 2. The summed E-state index contributed by atoms with van der Waals surface area (Å²) in [5.41, 5.74) is 6.34. The molecule has 0 fully saturated rings. The average Bonchev–Trinajstić information content (AvgIpc) is 3.11. The number of fused-ring (bicyclic) bond motifs is 1. The van der Waals surface area contributed by atoms with Crippen LogP contribution in [0.1, 0.15) is 18.2 Å². The summed E-state index contributed by atoms with van der Waals surface area (Å²) in [6, 6.07) is 18.6. The Balaban J connectivity index is 1.62. The number of hydrogen-bond donors (Lipinski definition) is 2. The van der Waals surface area contributed by atoms with Crippen molar-refractivity contribution in [3.63, 3.8) is 0 Å². The van der Waals surface area contributed by atoms with Gasteiger partial charge in [0.05, 0.1) is 5.69 Å². The van der Waals surface area contributed by atoms with Crippen molar-refractivity contribution in [2.45, 2.75) is 26.0 Å². The van der Waals surface area contributed by atoms with E-state index in [1.165, 1.54) is 12.5 Å². The molecule has 2 N–H and O–H groups in total. The molecule has 1 aliphatic heterocycles. The van der Waals surface area contributed by atoms with Gasteiger partial charge in [-0.2, -0.15) is 5.10 Å². The maximum Gasteiger partial charge on any atom is 0.251 e. The van der Waals surface area contributed by atoms with Crippen molar-refractivity contribution < 1.29 is 9.90 Å². The first-order chi connectivity index (χ1) is 12.6. The number of rotatable bonds is 3. The van der Waals surface area contributed by atoms with Gasteiger partial charge in [0, 0.05) is 36.3 Å². The van der Waals surface area contributed by atoms with Crippen LogP contribution in [0.25, 0.3) is 22.4 Å². The summed E-state index contributed by atoms with van der Waals surface area (Å²) in [4.78, 5) is 13.8. The number of hydrogen-bond acceptors (Lipinski definition) is 3. The molecule has 3 aromatic rings. The molecule has 0 radical (unpaired) electrons. The Morgan fingerprint density at radius 3 is 2.42 bits per heavy atom. The lowest BCUT2D eigenvalue weighted by Crippen LogP contribution is -2.41. The largest absolute Gasteiger partial charge is 0.384 e. The van der Waals surface area contributed by atoms with E-state index in [9.17, 15) is 9.90 Å². The number of aromatic nitrogens is 2. The minimum atomic E-state index is -0.975. The van der Waals surface area contributed by atoms with E-state index in [1.807, 2.05) is 18.2 Å². The molecule has 132 valence electrons. The van der Waals surface area contributed by atoms with Crippen LogP contribution in [0, 0.1) is 0 Å². The lowest BCUT2D eigenvalue weighted by molar-refractivity contribution is -0.140. The molecule has 0 bridgehead atoms. The predicted octanol–water partition coefficient (Wildman–Crippen LogP) is 3.01. The van der Waals surface area contributed by atoms with Crippen LogP contribution in [0.3, 0.4) is 0 Å². The molecule has 0 saturated carbocycles. The Hall–Kier alpha value is -2.92. The van der Waals surface area contributed by atoms with Crippen molar-refractivity contribution in [1.29, 1.82) is 0 Å². The van der Waals surface area contributed by atoms with Gasteiger partial charge in [-0.05, 0) is 18.1 Å².